The maximum absolute atomic E-state index is 14.6. The molecule has 6 rings (SSSR count). The number of aromatic nitrogens is 1. The first-order valence-corrected chi connectivity index (χ1v) is 13.2. The van der Waals surface area contributed by atoms with Gasteiger partial charge in [0.25, 0.3) is 0 Å². The Hall–Kier alpha value is -4.84. The molecule has 9 nitrogen and oxygen atoms in total. The maximum Gasteiger partial charge on any atom is 0.341 e. The fourth-order valence-corrected chi connectivity index (χ4v) is 4.99. The van der Waals surface area contributed by atoms with Gasteiger partial charge in [0.1, 0.15) is 23.0 Å². The molecule has 1 aromatic heterocycles. The van der Waals surface area contributed by atoms with Gasteiger partial charge in [-0.15, -0.1) is 0 Å². The first kappa shape index (κ1) is 28.7. The van der Waals surface area contributed by atoms with Crippen molar-refractivity contribution in [2.75, 3.05) is 31.1 Å². The molecule has 12 heteroatoms. The predicted octanol–water partition coefficient (Wildman–Crippen LogP) is 2.96. The molecule has 2 aliphatic rings. The van der Waals surface area contributed by atoms with E-state index >= 15 is 0 Å². The Morgan fingerprint density at radius 2 is 1.57 bits per heavy atom. The fraction of sp³-hybridized carbons (Fsp3) is 0.233. The summed E-state index contributed by atoms with van der Waals surface area (Å²) in [5.41, 5.74) is 0.00602. The van der Waals surface area contributed by atoms with Gasteiger partial charge in [0.15, 0.2) is 0 Å². The van der Waals surface area contributed by atoms with Crippen molar-refractivity contribution in [1.29, 1.82) is 0 Å². The highest BCUT2D eigenvalue weighted by Crippen LogP contribution is 2.38. The highest BCUT2D eigenvalue weighted by Gasteiger charge is 2.28. The number of pyridine rings is 1. The summed E-state index contributed by atoms with van der Waals surface area (Å²) < 4.78 is 42.7. The topological polar surface area (TPSA) is 140 Å². The number of benzene rings is 3. The van der Waals surface area contributed by atoms with Crippen LogP contribution < -0.4 is 20.8 Å². The number of carboxylic acid groups (broad SMARTS) is 2. The van der Waals surface area contributed by atoms with E-state index in [9.17, 15) is 37.8 Å². The average molecular weight is 582 g/mol. The zero-order valence-electron chi connectivity index (χ0n) is 22.1. The van der Waals surface area contributed by atoms with Gasteiger partial charge in [-0.1, -0.05) is 17.9 Å². The lowest BCUT2D eigenvalue weighted by atomic mass is 10.0. The number of nitrogens with zero attached hydrogens (tertiary/aromatic N) is 2. The molecule has 1 aliphatic heterocycles. The van der Waals surface area contributed by atoms with Gasteiger partial charge in [0.2, 0.25) is 5.43 Å². The maximum atomic E-state index is 14.6. The van der Waals surface area contributed by atoms with Crippen LogP contribution >= 0.6 is 0 Å². The number of nitrogens with two attached hydrogens (primary N) is 1. The molecule has 0 spiro atoms. The third kappa shape index (κ3) is 5.79. The second-order valence-electron chi connectivity index (χ2n) is 10.1. The van der Waals surface area contributed by atoms with Crippen LogP contribution in [-0.2, 0) is 0 Å². The summed E-state index contributed by atoms with van der Waals surface area (Å²) in [6.07, 6.45) is 3.31. The lowest BCUT2D eigenvalue weighted by molar-refractivity contribution is -0.655. The van der Waals surface area contributed by atoms with Crippen LogP contribution in [0.1, 0.15) is 39.6 Å². The molecule has 4 N–H and O–H groups in total. The van der Waals surface area contributed by atoms with Gasteiger partial charge in [-0.2, -0.15) is 0 Å². The van der Waals surface area contributed by atoms with Gasteiger partial charge < -0.3 is 30.1 Å². The molecule has 218 valence electrons. The summed E-state index contributed by atoms with van der Waals surface area (Å²) in [6.45, 7) is 3.32. The minimum Gasteiger partial charge on any atom is -0.872 e. The Morgan fingerprint density at radius 3 is 2.19 bits per heavy atom. The van der Waals surface area contributed by atoms with Gasteiger partial charge in [-0.05, 0) is 48.7 Å². The molecule has 0 bridgehead atoms. The number of aromatic carboxylic acids is 2. The number of piperazine rings is 1. The second-order valence-corrected chi connectivity index (χ2v) is 10.1. The fourth-order valence-electron chi connectivity index (χ4n) is 4.99. The zero-order valence-corrected chi connectivity index (χ0v) is 22.1. The van der Waals surface area contributed by atoms with Crippen molar-refractivity contribution in [3.8, 4) is 16.9 Å². The van der Waals surface area contributed by atoms with Gasteiger partial charge in [-0.25, -0.2) is 22.8 Å². The number of carboxylic acids is 2. The van der Waals surface area contributed by atoms with Crippen LogP contribution in [-0.4, -0.2) is 52.9 Å². The Kier molecular flexibility index (Phi) is 7.90. The van der Waals surface area contributed by atoms with E-state index in [1.807, 2.05) is 9.47 Å². The van der Waals surface area contributed by atoms with E-state index < -0.39 is 46.1 Å². The number of fused-ring (bicyclic) bond motifs is 1. The molecule has 0 amide bonds. The number of rotatable bonds is 5. The Bertz CT molecular complexity index is 1760. The number of carbonyl (C=O) groups is 2. The summed E-state index contributed by atoms with van der Waals surface area (Å²) in [5.74, 6) is -5.32. The first-order valence-electron chi connectivity index (χ1n) is 13.2. The molecular formula is C30H26F3N3O6. The van der Waals surface area contributed by atoms with Crippen molar-refractivity contribution in [3.63, 3.8) is 0 Å². The molecule has 0 atom stereocenters. The van der Waals surface area contributed by atoms with E-state index in [1.165, 1.54) is 24.4 Å². The van der Waals surface area contributed by atoms with Crippen LogP contribution in [0.25, 0.3) is 22.0 Å². The molecule has 2 heterocycles. The van der Waals surface area contributed by atoms with Crippen LogP contribution in [0.2, 0.25) is 0 Å². The third-order valence-corrected chi connectivity index (χ3v) is 7.27. The van der Waals surface area contributed by atoms with Gasteiger partial charge in [0.05, 0.1) is 42.9 Å². The summed E-state index contributed by atoms with van der Waals surface area (Å²) in [5, 5.41) is 31.6. The van der Waals surface area contributed by atoms with Gasteiger partial charge in [-0.3, -0.25) is 4.79 Å². The minimum absolute atomic E-state index is 0.0406. The van der Waals surface area contributed by atoms with Gasteiger partial charge >= 0.3 is 11.9 Å². The molecule has 0 unspecified atom stereocenters. The summed E-state index contributed by atoms with van der Waals surface area (Å²) in [7, 11) is 0. The normalized spacial score (nSPS) is 14.8. The summed E-state index contributed by atoms with van der Waals surface area (Å²) in [6, 6.07) is 9.46. The Labute approximate surface area is 237 Å². The molecule has 42 heavy (non-hydrogen) atoms. The predicted molar refractivity (Wildman–Crippen MR) is 145 cm³/mol. The summed E-state index contributed by atoms with van der Waals surface area (Å²) in [4.78, 5) is 36.5. The van der Waals surface area contributed by atoms with E-state index in [0.717, 1.165) is 57.2 Å². The largest absolute Gasteiger partial charge is 0.872 e. The Balaban J connectivity index is 0.000000176. The Morgan fingerprint density at radius 1 is 0.881 bits per heavy atom. The zero-order chi connectivity index (χ0) is 30.1. The van der Waals surface area contributed by atoms with Crippen LogP contribution in [0.4, 0.5) is 18.9 Å². The van der Waals surface area contributed by atoms with Crippen molar-refractivity contribution in [1.82, 2.24) is 4.57 Å². The molecule has 3 aromatic carbocycles. The van der Waals surface area contributed by atoms with E-state index in [0.29, 0.717) is 17.3 Å². The van der Waals surface area contributed by atoms with Crippen molar-refractivity contribution >= 4 is 28.5 Å². The first-order chi connectivity index (χ1) is 20.0. The van der Waals surface area contributed by atoms with E-state index in [2.05, 4.69) is 5.32 Å². The summed E-state index contributed by atoms with van der Waals surface area (Å²) >= 11 is 0. The number of halogens is 3. The molecule has 1 saturated heterocycles. The molecule has 2 fully saturated rings. The molecule has 1 saturated carbocycles. The van der Waals surface area contributed by atoms with Crippen molar-refractivity contribution < 1.29 is 43.4 Å². The second kappa shape index (κ2) is 11.6. The monoisotopic (exact) mass is 581 g/mol. The van der Waals surface area contributed by atoms with E-state index in [1.54, 1.807) is 6.07 Å². The SMILES string of the molecule is O=C(O)c1cc(-c2ccc(F)cc2F)ccc1[O-].O=C(O)c1cn(C2CC2)c2cc(N3CC[NH2+]CC3)c(F)cc2c1=O. The number of hydrogen-bond acceptors (Lipinski definition) is 5. The van der Waals surface area contributed by atoms with E-state index in [4.69, 9.17) is 5.11 Å². The van der Waals surface area contributed by atoms with Crippen LogP contribution in [0, 0.1) is 17.5 Å². The quantitative estimate of drug-likeness (QED) is 0.329. The van der Waals surface area contributed by atoms with Crippen molar-refractivity contribution in [2.24, 2.45) is 0 Å². The number of anilines is 1. The van der Waals surface area contributed by atoms with Crippen LogP contribution in [0.5, 0.6) is 5.75 Å². The molecule has 4 aromatic rings. The smallest absolute Gasteiger partial charge is 0.341 e. The van der Waals surface area contributed by atoms with E-state index in [-0.39, 0.29) is 28.1 Å². The van der Waals surface area contributed by atoms with Crippen molar-refractivity contribution in [2.45, 2.75) is 18.9 Å². The standard InChI is InChI=1S/C17H18FN3O3.C13H8F2O3/c18-13-7-11-14(8-15(13)20-5-3-19-4-6-20)21(10-1-2-10)9-12(16(11)22)17(23)24;14-8-2-3-9(11(15)6-8)7-1-4-12(16)10(5-7)13(17)18/h7-10,19H,1-6H2,(H,23,24);1-6,16H,(H,17,18). The molecule has 1 aliphatic carbocycles. The number of hydrogen-bond donors (Lipinski definition) is 3. The van der Waals surface area contributed by atoms with Crippen molar-refractivity contribution in [3.05, 3.63) is 93.5 Å². The lowest BCUT2D eigenvalue weighted by Crippen LogP contribution is -2.89. The average Bonchev–Trinajstić information content (AvgIpc) is 3.80. The van der Waals surface area contributed by atoms with Gasteiger partial charge in [0, 0.05) is 29.3 Å². The van der Waals surface area contributed by atoms with Crippen LogP contribution in [0.3, 0.4) is 0 Å². The number of quaternary nitrogens is 1. The third-order valence-electron chi connectivity index (χ3n) is 7.27. The minimum atomic E-state index is -1.38. The van der Waals surface area contributed by atoms with Crippen LogP contribution in [0.15, 0.2) is 59.5 Å². The highest BCUT2D eigenvalue weighted by atomic mass is 19.1. The highest BCUT2D eigenvalue weighted by molar-refractivity contribution is 5.94. The molecular weight excluding hydrogens is 555 g/mol. The molecule has 0 radical (unpaired) electrons. The lowest BCUT2D eigenvalue weighted by Gasteiger charge is -2.28.